The minimum Gasteiger partial charge on any atom is -0.477 e. The van der Waals surface area contributed by atoms with Gasteiger partial charge in [0, 0.05) is 51.2 Å². The van der Waals surface area contributed by atoms with Crippen LogP contribution in [0.3, 0.4) is 0 Å². The molecule has 140 valence electrons. The summed E-state index contributed by atoms with van der Waals surface area (Å²) in [5, 5.41) is 28.2. The lowest BCUT2D eigenvalue weighted by Gasteiger charge is -2.36. The number of aromatic carboxylic acids is 1. The summed E-state index contributed by atoms with van der Waals surface area (Å²) in [6, 6.07) is 1.79. The van der Waals surface area contributed by atoms with Crippen molar-refractivity contribution in [1.82, 2.24) is 19.8 Å². The van der Waals surface area contributed by atoms with Crippen LogP contribution in [0.25, 0.3) is 10.9 Å². The fourth-order valence-electron chi connectivity index (χ4n) is 3.15. The van der Waals surface area contributed by atoms with E-state index in [-0.39, 0.29) is 16.9 Å². The molecule has 0 spiro atoms. The third-order valence-corrected chi connectivity index (χ3v) is 4.62. The highest BCUT2D eigenvalue weighted by atomic mass is 16.4. The number of hydrogen-bond acceptors (Lipinski definition) is 6. The molecular weight excluding hydrogens is 350 g/mol. The van der Waals surface area contributed by atoms with Crippen molar-refractivity contribution in [2.24, 2.45) is 0 Å². The third-order valence-electron chi connectivity index (χ3n) is 4.62. The number of hydrogen-bond donors (Lipinski definition) is 3. The first-order chi connectivity index (χ1) is 13.0. The number of carboxylic acids is 1. The Morgan fingerprint density at radius 2 is 2.11 bits per heavy atom. The minimum absolute atomic E-state index is 0.0737. The number of guanidine groups is 1. The van der Waals surface area contributed by atoms with E-state index in [2.05, 4.69) is 10.3 Å². The average Bonchev–Trinajstić information content (AvgIpc) is 2.68. The smallest absolute Gasteiger partial charge is 0.341 e. The molecule has 0 saturated carbocycles. The Morgan fingerprint density at radius 3 is 2.70 bits per heavy atom. The predicted octanol–water partition coefficient (Wildman–Crippen LogP) is 0.242. The maximum absolute atomic E-state index is 12.4. The number of nitriles is 1. The molecule has 2 aromatic heterocycles. The van der Waals surface area contributed by atoms with Crippen molar-refractivity contribution in [1.29, 1.82) is 10.7 Å². The highest BCUT2D eigenvalue weighted by Gasteiger charge is 2.21. The zero-order chi connectivity index (χ0) is 19.6. The van der Waals surface area contributed by atoms with Crippen LogP contribution in [0.4, 0.5) is 5.82 Å². The third kappa shape index (κ3) is 3.39. The van der Waals surface area contributed by atoms with E-state index in [4.69, 9.17) is 10.7 Å². The molecule has 0 unspecified atom stereocenters. The number of aryl methyl sites for hydroxylation is 1. The number of piperazine rings is 1. The number of pyridine rings is 2. The van der Waals surface area contributed by atoms with E-state index in [0.717, 1.165) is 0 Å². The molecule has 27 heavy (non-hydrogen) atoms. The quantitative estimate of drug-likeness (QED) is 0.303. The van der Waals surface area contributed by atoms with Crippen LogP contribution in [0.1, 0.15) is 17.3 Å². The SMILES string of the molecule is CCn1cc(C(=O)O)c(=O)c2cnc(N3CCN(C(=N)NC#N)CC3)cc21. The fourth-order valence-corrected chi connectivity index (χ4v) is 3.15. The Labute approximate surface area is 154 Å². The zero-order valence-electron chi connectivity index (χ0n) is 14.8. The molecule has 10 nitrogen and oxygen atoms in total. The van der Waals surface area contributed by atoms with Crippen LogP contribution in [-0.2, 0) is 6.54 Å². The molecular formula is C17H19N7O3. The first-order valence-electron chi connectivity index (χ1n) is 8.46. The van der Waals surface area contributed by atoms with Crippen LogP contribution in [0.5, 0.6) is 0 Å². The maximum Gasteiger partial charge on any atom is 0.341 e. The fraction of sp³-hybridized carbons (Fsp3) is 0.353. The molecule has 3 rings (SSSR count). The van der Waals surface area contributed by atoms with E-state index in [1.54, 1.807) is 21.7 Å². The van der Waals surface area contributed by atoms with Crippen LogP contribution < -0.4 is 15.6 Å². The van der Waals surface area contributed by atoms with Gasteiger partial charge in [-0.25, -0.2) is 9.78 Å². The predicted molar refractivity (Wildman–Crippen MR) is 98.9 cm³/mol. The molecule has 0 amide bonds. The highest BCUT2D eigenvalue weighted by Crippen LogP contribution is 2.20. The van der Waals surface area contributed by atoms with Gasteiger partial charge >= 0.3 is 5.97 Å². The van der Waals surface area contributed by atoms with E-state index < -0.39 is 11.4 Å². The van der Waals surface area contributed by atoms with Crippen LogP contribution in [0.15, 0.2) is 23.3 Å². The molecule has 0 aliphatic carbocycles. The molecule has 1 saturated heterocycles. The molecule has 0 atom stereocenters. The van der Waals surface area contributed by atoms with Gasteiger partial charge in [0.1, 0.15) is 11.4 Å². The van der Waals surface area contributed by atoms with Gasteiger partial charge in [-0.05, 0) is 6.92 Å². The number of anilines is 1. The van der Waals surface area contributed by atoms with E-state index in [1.807, 2.05) is 11.8 Å². The summed E-state index contributed by atoms with van der Waals surface area (Å²) in [5.74, 6) is -0.492. The second kappa shape index (κ2) is 7.33. The standard InChI is InChI=1S/C17H19N7O3/c1-2-22-9-12(16(26)27)15(25)11-8-20-14(7-13(11)22)23-3-5-24(6-4-23)17(19)21-10-18/h7-9H,2-6H2,1H3,(H2,19,21)(H,26,27). The molecule has 1 aliphatic heterocycles. The lowest BCUT2D eigenvalue weighted by Crippen LogP contribution is -2.51. The van der Waals surface area contributed by atoms with Gasteiger partial charge in [-0.3, -0.25) is 15.5 Å². The van der Waals surface area contributed by atoms with E-state index in [1.165, 1.54) is 12.4 Å². The molecule has 0 aromatic carbocycles. The maximum atomic E-state index is 12.4. The molecule has 1 fully saturated rings. The molecule has 0 radical (unpaired) electrons. The minimum atomic E-state index is -1.25. The lowest BCUT2D eigenvalue weighted by molar-refractivity contribution is 0.0695. The van der Waals surface area contributed by atoms with Gasteiger partial charge in [0.15, 0.2) is 6.19 Å². The lowest BCUT2D eigenvalue weighted by atomic mass is 10.1. The Balaban J connectivity index is 1.91. The highest BCUT2D eigenvalue weighted by molar-refractivity contribution is 5.92. The summed E-state index contributed by atoms with van der Waals surface area (Å²) in [4.78, 5) is 31.8. The van der Waals surface area contributed by atoms with Gasteiger partial charge in [-0.2, -0.15) is 5.26 Å². The first-order valence-corrected chi connectivity index (χ1v) is 8.46. The molecule has 3 heterocycles. The van der Waals surface area contributed by atoms with Gasteiger partial charge < -0.3 is 19.5 Å². The van der Waals surface area contributed by atoms with Gasteiger partial charge in [0.05, 0.1) is 10.9 Å². The van der Waals surface area contributed by atoms with Crippen molar-refractivity contribution >= 4 is 28.6 Å². The second-order valence-electron chi connectivity index (χ2n) is 6.08. The van der Waals surface area contributed by atoms with Crippen molar-refractivity contribution in [3.05, 3.63) is 34.2 Å². The molecule has 2 aromatic rings. The van der Waals surface area contributed by atoms with Crippen molar-refractivity contribution in [2.75, 3.05) is 31.1 Å². The summed E-state index contributed by atoms with van der Waals surface area (Å²) in [6.45, 7) is 4.74. The molecule has 1 aliphatic rings. The van der Waals surface area contributed by atoms with E-state index >= 15 is 0 Å². The molecule has 3 N–H and O–H groups in total. The van der Waals surface area contributed by atoms with Crippen LogP contribution in [-0.4, -0.2) is 57.7 Å². The normalized spacial score (nSPS) is 14.1. The number of fused-ring (bicyclic) bond motifs is 1. The summed E-state index contributed by atoms with van der Waals surface area (Å²) in [7, 11) is 0. The number of aromatic nitrogens is 2. The number of nitrogens with zero attached hydrogens (tertiary/aromatic N) is 5. The van der Waals surface area contributed by atoms with Crippen molar-refractivity contribution in [3.8, 4) is 6.19 Å². The van der Waals surface area contributed by atoms with E-state index in [0.29, 0.717) is 44.1 Å². The Hall–Kier alpha value is -3.61. The van der Waals surface area contributed by atoms with Gasteiger partial charge in [0.25, 0.3) is 0 Å². The summed E-state index contributed by atoms with van der Waals surface area (Å²) >= 11 is 0. The summed E-state index contributed by atoms with van der Waals surface area (Å²) in [6.07, 6.45) is 4.53. The zero-order valence-corrected chi connectivity index (χ0v) is 14.8. The molecule has 10 heteroatoms. The Kier molecular flexibility index (Phi) is 4.94. The van der Waals surface area contributed by atoms with Gasteiger partial charge in [-0.1, -0.05) is 0 Å². The summed E-state index contributed by atoms with van der Waals surface area (Å²) < 4.78 is 1.73. The monoisotopic (exact) mass is 369 g/mol. The largest absolute Gasteiger partial charge is 0.477 e. The molecule has 0 bridgehead atoms. The van der Waals surface area contributed by atoms with E-state index in [9.17, 15) is 14.7 Å². The van der Waals surface area contributed by atoms with Crippen LogP contribution in [0, 0.1) is 16.9 Å². The van der Waals surface area contributed by atoms with Crippen molar-refractivity contribution in [2.45, 2.75) is 13.5 Å². The van der Waals surface area contributed by atoms with Crippen LogP contribution >= 0.6 is 0 Å². The first kappa shape index (κ1) is 18.2. The van der Waals surface area contributed by atoms with Crippen molar-refractivity contribution < 1.29 is 9.90 Å². The van der Waals surface area contributed by atoms with Crippen LogP contribution in [0.2, 0.25) is 0 Å². The number of nitrogens with one attached hydrogen (secondary N) is 2. The number of carbonyl (C=O) groups is 1. The number of rotatable bonds is 3. The van der Waals surface area contributed by atoms with Gasteiger partial charge in [-0.15, -0.1) is 0 Å². The van der Waals surface area contributed by atoms with Crippen molar-refractivity contribution in [3.63, 3.8) is 0 Å². The average molecular weight is 369 g/mol. The van der Waals surface area contributed by atoms with Gasteiger partial charge in [0.2, 0.25) is 11.4 Å². The Morgan fingerprint density at radius 1 is 1.41 bits per heavy atom. The number of carboxylic acid groups (broad SMARTS) is 1. The topological polar surface area (TPSA) is 138 Å². The Bertz CT molecular complexity index is 1000. The second-order valence-corrected chi connectivity index (χ2v) is 6.08. The summed E-state index contributed by atoms with van der Waals surface area (Å²) in [5.41, 5.74) is -0.170.